The minimum absolute atomic E-state index is 0.0596. The predicted molar refractivity (Wildman–Crippen MR) is 95.3 cm³/mol. The zero-order valence-electron chi connectivity index (χ0n) is 13.4. The number of nitrogens with zero attached hydrogens (tertiary/aromatic N) is 3. The number of likely N-dealkylation sites (N-methyl/N-ethyl adjacent to an activating group) is 1. The number of H-pyrrole nitrogens is 1. The SMILES string of the molecule is CN1CC2CC1CN2C(=O)c1n[nH]c2ccc(-c3ccsc3)cc12. The van der Waals surface area contributed by atoms with Crippen molar-refractivity contribution in [1.29, 1.82) is 0 Å². The fraction of sp³-hybridized carbons (Fsp3) is 0.333. The van der Waals surface area contributed by atoms with E-state index in [1.807, 2.05) is 11.0 Å². The Morgan fingerprint density at radius 2 is 2.17 bits per heavy atom. The number of carbonyl (C=O) groups excluding carboxylic acids is 1. The number of hydrogen-bond acceptors (Lipinski definition) is 4. The van der Waals surface area contributed by atoms with Crippen LogP contribution in [0.15, 0.2) is 35.0 Å². The molecular weight excluding hydrogens is 320 g/mol. The third-order valence-electron chi connectivity index (χ3n) is 5.40. The molecule has 6 heteroatoms. The van der Waals surface area contributed by atoms with Gasteiger partial charge in [0.2, 0.25) is 0 Å². The lowest BCUT2D eigenvalue weighted by molar-refractivity contribution is 0.0646. The highest BCUT2D eigenvalue weighted by Gasteiger charge is 2.44. The molecule has 0 aliphatic carbocycles. The van der Waals surface area contributed by atoms with Crippen LogP contribution in [0.3, 0.4) is 0 Å². The summed E-state index contributed by atoms with van der Waals surface area (Å²) in [6.45, 7) is 1.79. The van der Waals surface area contributed by atoms with Crippen LogP contribution in [0, 0.1) is 0 Å². The number of thiophene rings is 1. The number of fused-ring (bicyclic) bond motifs is 3. The van der Waals surface area contributed by atoms with Crippen LogP contribution in [-0.4, -0.2) is 58.1 Å². The summed E-state index contributed by atoms with van der Waals surface area (Å²) in [5.74, 6) is 0.0596. The van der Waals surface area contributed by atoms with Crippen LogP contribution in [0.1, 0.15) is 16.9 Å². The molecule has 122 valence electrons. The van der Waals surface area contributed by atoms with E-state index < -0.39 is 0 Å². The van der Waals surface area contributed by atoms with Crippen molar-refractivity contribution in [2.75, 3.05) is 20.1 Å². The Labute approximate surface area is 143 Å². The maximum Gasteiger partial charge on any atom is 0.275 e. The first kappa shape index (κ1) is 14.2. The second-order valence-corrected chi connectivity index (χ2v) is 7.57. The quantitative estimate of drug-likeness (QED) is 0.782. The fourth-order valence-corrected chi connectivity index (χ4v) is 4.70. The van der Waals surface area contributed by atoms with Gasteiger partial charge in [-0.15, -0.1) is 0 Å². The molecular formula is C18H18N4OS. The maximum absolute atomic E-state index is 13.0. The van der Waals surface area contributed by atoms with E-state index in [2.05, 4.69) is 51.1 Å². The molecule has 2 aliphatic rings. The summed E-state index contributed by atoms with van der Waals surface area (Å²) < 4.78 is 0. The molecule has 2 aliphatic heterocycles. The summed E-state index contributed by atoms with van der Waals surface area (Å²) >= 11 is 1.68. The van der Waals surface area contributed by atoms with Gasteiger partial charge in [0.1, 0.15) is 0 Å². The van der Waals surface area contributed by atoms with Crippen LogP contribution in [0.5, 0.6) is 0 Å². The van der Waals surface area contributed by atoms with E-state index in [1.165, 1.54) is 5.56 Å². The molecule has 1 N–H and O–H groups in total. The van der Waals surface area contributed by atoms with E-state index >= 15 is 0 Å². The summed E-state index contributed by atoms with van der Waals surface area (Å²) in [5.41, 5.74) is 3.78. The van der Waals surface area contributed by atoms with Crippen molar-refractivity contribution in [1.82, 2.24) is 20.0 Å². The average molecular weight is 338 g/mol. The third-order valence-corrected chi connectivity index (χ3v) is 6.08. The summed E-state index contributed by atoms with van der Waals surface area (Å²) in [6, 6.07) is 9.10. The van der Waals surface area contributed by atoms with E-state index in [1.54, 1.807) is 11.3 Å². The van der Waals surface area contributed by atoms with Crippen molar-refractivity contribution in [2.24, 2.45) is 0 Å². The highest BCUT2D eigenvalue weighted by Crippen LogP contribution is 2.32. The fourth-order valence-electron chi connectivity index (χ4n) is 4.04. The first-order valence-corrected chi connectivity index (χ1v) is 9.17. The van der Waals surface area contributed by atoms with Crippen LogP contribution in [0.25, 0.3) is 22.0 Å². The lowest BCUT2D eigenvalue weighted by atomic mass is 10.1. The minimum atomic E-state index is 0.0596. The number of likely N-dealkylation sites (tertiary alicyclic amines) is 2. The van der Waals surface area contributed by atoms with E-state index in [0.717, 1.165) is 36.0 Å². The van der Waals surface area contributed by atoms with Crippen LogP contribution in [0.2, 0.25) is 0 Å². The summed E-state index contributed by atoms with van der Waals surface area (Å²) in [6.07, 6.45) is 1.09. The molecule has 2 bridgehead atoms. The number of hydrogen-bond donors (Lipinski definition) is 1. The molecule has 5 nitrogen and oxygen atoms in total. The van der Waals surface area contributed by atoms with Crippen LogP contribution in [-0.2, 0) is 0 Å². The maximum atomic E-state index is 13.0. The first-order chi connectivity index (χ1) is 11.7. The predicted octanol–water partition coefficient (Wildman–Crippen LogP) is 2.82. The van der Waals surface area contributed by atoms with Gasteiger partial charge in [-0.05, 0) is 53.6 Å². The van der Waals surface area contributed by atoms with Crippen molar-refractivity contribution >= 4 is 28.1 Å². The zero-order valence-corrected chi connectivity index (χ0v) is 14.2. The van der Waals surface area contributed by atoms with Gasteiger partial charge in [-0.25, -0.2) is 0 Å². The number of carbonyl (C=O) groups is 1. The molecule has 24 heavy (non-hydrogen) atoms. The molecule has 1 amide bonds. The molecule has 5 rings (SSSR count). The lowest BCUT2D eigenvalue weighted by Crippen LogP contribution is -2.47. The number of aromatic amines is 1. The van der Waals surface area contributed by atoms with Gasteiger partial charge in [0, 0.05) is 30.6 Å². The third kappa shape index (κ3) is 2.03. The van der Waals surface area contributed by atoms with Gasteiger partial charge in [-0.2, -0.15) is 16.4 Å². The van der Waals surface area contributed by atoms with E-state index in [9.17, 15) is 4.79 Å². The molecule has 0 radical (unpaired) electrons. The first-order valence-electron chi connectivity index (χ1n) is 8.22. The zero-order chi connectivity index (χ0) is 16.3. The number of benzene rings is 1. The largest absolute Gasteiger partial charge is 0.331 e. The lowest BCUT2D eigenvalue weighted by Gasteiger charge is -2.31. The molecule has 2 atom stereocenters. The second-order valence-electron chi connectivity index (χ2n) is 6.79. The molecule has 0 spiro atoms. The number of nitrogens with one attached hydrogen (secondary N) is 1. The van der Waals surface area contributed by atoms with Gasteiger partial charge in [0.05, 0.1) is 5.52 Å². The average Bonchev–Trinajstić information content (AvgIpc) is 3.35. The number of rotatable bonds is 2. The minimum Gasteiger partial charge on any atom is -0.331 e. The molecule has 2 fully saturated rings. The van der Waals surface area contributed by atoms with Gasteiger partial charge < -0.3 is 4.90 Å². The molecule has 1 aromatic carbocycles. The topological polar surface area (TPSA) is 52.2 Å². The van der Waals surface area contributed by atoms with Crippen molar-refractivity contribution in [2.45, 2.75) is 18.5 Å². The summed E-state index contributed by atoms with van der Waals surface area (Å²) in [7, 11) is 2.14. The monoisotopic (exact) mass is 338 g/mol. The van der Waals surface area contributed by atoms with Crippen LogP contribution >= 0.6 is 11.3 Å². The highest BCUT2D eigenvalue weighted by molar-refractivity contribution is 7.08. The Morgan fingerprint density at radius 3 is 2.88 bits per heavy atom. The number of piperazine rings is 1. The molecule has 2 saturated heterocycles. The molecule has 3 aromatic rings. The van der Waals surface area contributed by atoms with Crippen molar-refractivity contribution in [3.05, 3.63) is 40.7 Å². The molecule has 4 heterocycles. The van der Waals surface area contributed by atoms with Crippen LogP contribution < -0.4 is 0 Å². The normalized spacial score (nSPS) is 23.5. The Morgan fingerprint density at radius 1 is 1.25 bits per heavy atom. The van der Waals surface area contributed by atoms with Crippen molar-refractivity contribution in [3.8, 4) is 11.1 Å². The van der Waals surface area contributed by atoms with E-state index in [4.69, 9.17) is 0 Å². The summed E-state index contributed by atoms with van der Waals surface area (Å²) in [5, 5.41) is 12.5. The highest BCUT2D eigenvalue weighted by atomic mass is 32.1. The van der Waals surface area contributed by atoms with Gasteiger partial charge >= 0.3 is 0 Å². The number of aromatic nitrogens is 2. The molecule has 0 saturated carbocycles. The van der Waals surface area contributed by atoms with E-state index in [-0.39, 0.29) is 5.91 Å². The smallest absolute Gasteiger partial charge is 0.275 e. The second kappa shape index (κ2) is 5.16. The van der Waals surface area contributed by atoms with Gasteiger partial charge in [0.25, 0.3) is 5.91 Å². The Bertz CT molecular complexity index is 914. The summed E-state index contributed by atoms with van der Waals surface area (Å²) in [4.78, 5) is 17.4. The Balaban J connectivity index is 1.53. The number of amides is 1. The van der Waals surface area contributed by atoms with Crippen LogP contribution in [0.4, 0.5) is 0 Å². The van der Waals surface area contributed by atoms with Gasteiger partial charge in [-0.1, -0.05) is 6.07 Å². The van der Waals surface area contributed by atoms with Gasteiger partial charge in [0.15, 0.2) is 5.69 Å². The van der Waals surface area contributed by atoms with E-state index in [0.29, 0.717) is 17.8 Å². The van der Waals surface area contributed by atoms with Crippen molar-refractivity contribution < 1.29 is 4.79 Å². The Kier molecular flexibility index (Phi) is 3.05. The van der Waals surface area contributed by atoms with Gasteiger partial charge in [-0.3, -0.25) is 14.8 Å². The van der Waals surface area contributed by atoms with Crippen molar-refractivity contribution in [3.63, 3.8) is 0 Å². The molecule has 2 unspecified atom stereocenters. The Hall–Kier alpha value is -2.18. The molecule has 2 aromatic heterocycles. The standard InChI is InChI=1S/C18H18N4OS/c1-21-8-14-7-13(21)9-22(14)18(23)17-15-6-11(12-4-5-24-10-12)2-3-16(15)19-20-17/h2-6,10,13-14H,7-9H2,1H3,(H,19,20).